The Morgan fingerprint density at radius 3 is 2.50 bits per heavy atom. The number of hydrogen-bond acceptors (Lipinski definition) is 3. The molecule has 3 amide bonds. The maximum Gasteiger partial charge on any atom is 0.319 e. The van der Waals surface area contributed by atoms with Crippen LogP contribution >= 0.6 is 0 Å². The third-order valence-electron chi connectivity index (χ3n) is 4.07. The molecule has 1 unspecified atom stereocenters. The Hall–Kier alpha value is -3.28. The van der Waals surface area contributed by atoms with Crippen LogP contribution in [0, 0.1) is 5.92 Å². The molecule has 0 bridgehead atoms. The summed E-state index contributed by atoms with van der Waals surface area (Å²) < 4.78 is 5.67. The number of rotatable bonds is 5. The van der Waals surface area contributed by atoms with Crippen LogP contribution in [0.4, 0.5) is 16.2 Å². The number of amides is 3. The summed E-state index contributed by atoms with van der Waals surface area (Å²) in [5.74, 6) is 0.540. The number of carbonyl (C=O) groups excluding carboxylic acids is 2. The van der Waals surface area contributed by atoms with E-state index in [2.05, 4.69) is 22.5 Å². The van der Waals surface area contributed by atoms with Crippen LogP contribution in [0.25, 0.3) is 0 Å². The zero-order valence-electron chi connectivity index (χ0n) is 14.3. The quantitative estimate of drug-likeness (QED) is 0.724. The highest BCUT2D eigenvalue weighted by Crippen LogP contribution is 2.27. The molecule has 2 aromatic rings. The molecule has 1 atom stereocenters. The Kier molecular flexibility index (Phi) is 5.53. The van der Waals surface area contributed by atoms with Crippen LogP contribution in [0.5, 0.6) is 5.75 Å². The third kappa shape index (κ3) is 4.42. The molecule has 0 aromatic heterocycles. The van der Waals surface area contributed by atoms with E-state index in [4.69, 9.17) is 4.74 Å². The molecule has 0 aliphatic carbocycles. The predicted molar refractivity (Wildman–Crippen MR) is 101 cm³/mol. The molecule has 3 rings (SSSR count). The van der Waals surface area contributed by atoms with Gasteiger partial charge < -0.3 is 20.7 Å². The zero-order valence-corrected chi connectivity index (χ0v) is 14.3. The molecule has 6 heteroatoms. The maximum atomic E-state index is 12.5. The fourth-order valence-electron chi connectivity index (χ4n) is 2.72. The van der Waals surface area contributed by atoms with Gasteiger partial charge in [-0.2, -0.15) is 0 Å². The summed E-state index contributed by atoms with van der Waals surface area (Å²) >= 11 is 0. The van der Waals surface area contributed by atoms with Crippen LogP contribution in [0.3, 0.4) is 0 Å². The average molecular weight is 351 g/mol. The number of anilines is 2. The van der Waals surface area contributed by atoms with Gasteiger partial charge in [-0.25, -0.2) is 4.79 Å². The molecule has 6 nitrogen and oxygen atoms in total. The van der Waals surface area contributed by atoms with Gasteiger partial charge in [0.05, 0.1) is 5.92 Å². The minimum Gasteiger partial charge on any atom is -0.492 e. The van der Waals surface area contributed by atoms with E-state index in [0.29, 0.717) is 30.9 Å². The number of ether oxygens (including phenoxy) is 1. The molecule has 0 radical (unpaired) electrons. The molecule has 1 aliphatic heterocycles. The van der Waals surface area contributed by atoms with E-state index >= 15 is 0 Å². The highest BCUT2D eigenvalue weighted by Gasteiger charge is 2.25. The number of benzene rings is 2. The smallest absolute Gasteiger partial charge is 0.319 e. The Morgan fingerprint density at radius 1 is 1.08 bits per heavy atom. The molecule has 0 spiro atoms. The molecule has 0 saturated carbocycles. The second-order valence-corrected chi connectivity index (χ2v) is 6.01. The van der Waals surface area contributed by atoms with Crippen LogP contribution in [-0.4, -0.2) is 25.1 Å². The summed E-state index contributed by atoms with van der Waals surface area (Å²) in [5, 5.41) is 8.22. The number of carbonyl (C=O) groups is 2. The van der Waals surface area contributed by atoms with Crippen molar-refractivity contribution in [1.29, 1.82) is 0 Å². The van der Waals surface area contributed by atoms with Gasteiger partial charge in [0.25, 0.3) is 0 Å². The first-order valence-electron chi connectivity index (χ1n) is 8.43. The van der Waals surface area contributed by atoms with Gasteiger partial charge >= 0.3 is 6.03 Å². The molecular weight excluding hydrogens is 330 g/mol. The third-order valence-corrected chi connectivity index (χ3v) is 4.07. The lowest BCUT2D eigenvalue weighted by Gasteiger charge is -2.24. The van der Waals surface area contributed by atoms with E-state index in [9.17, 15) is 9.59 Å². The topological polar surface area (TPSA) is 79.5 Å². The highest BCUT2D eigenvalue weighted by atomic mass is 16.5. The Morgan fingerprint density at radius 2 is 1.77 bits per heavy atom. The molecule has 26 heavy (non-hydrogen) atoms. The summed E-state index contributed by atoms with van der Waals surface area (Å²) in [6, 6.07) is 14.4. The van der Waals surface area contributed by atoms with Gasteiger partial charge in [-0.05, 0) is 42.3 Å². The van der Waals surface area contributed by atoms with E-state index < -0.39 is 0 Å². The van der Waals surface area contributed by atoms with Crippen LogP contribution < -0.4 is 20.7 Å². The molecular formula is C20H21N3O3. The highest BCUT2D eigenvalue weighted by molar-refractivity contribution is 5.94. The molecule has 2 aromatic carbocycles. The molecule has 3 N–H and O–H groups in total. The number of para-hydroxylation sites is 1. The summed E-state index contributed by atoms with van der Waals surface area (Å²) in [6.07, 6.45) is 2.26. The number of hydrogen-bond donors (Lipinski definition) is 3. The van der Waals surface area contributed by atoms with Crippen molar-refractivity contribution in [1.82, 2.24) is 5.32 Å². The Labute approximate surface area is 152 Å². The minimum absolute atomic E-state index is 0.0797. The van der Waals surface area contributed by atoms with Crippen LogP contribution in [0.2, 0.25) is 0 Å². The average Bonchev–Trinajstić information content (AvgIpc) is 2.67. The molecule has 0 fully saturated rings. The lowest BCUT2D eigenvalue weighted by molar-refractivity contribution is -0.121. The van der Waals surface area contributed by atoms with Crippen LogP contribution in [-0.2, 0) is 11.2 Å². The van der Waals surface area contributed by atoms with Gasteiger partial charge in [0.15, 0.2) is 0 Å². The number of fused-ring (bicyclic) bond motifs is 1. The summed E-state index contributed by atoms with van der Waals surface area (Å²) in [6.45, 7) is 4.30. The first kappa shape index (κ1) is 17.5. The summed E-state index contributed by atoms with van der Waals surface area (Å²) in [7, 11) is 0. The molecule has 1 heterocycles. The van der Waals surface area contributed by atoms with E-state index in [0.717, 1.165) is 11.3 Å². The molecule has 134 valence electrons. The Bertz CT molecular complexity index is 802. The van der Waals surface area contributed by atoms with Crippen LogP contribution in [0.15, 0.2) is 61.2 Å². The standard InChI is InChI=1S/C20H21N3O3/c1-2-11-21-20(25)23-17-9-7-16(8-10-17)22-19(24)15-12-14-5-3-4-6-18(14)26-13-15/h2-10,15H,1,11-13H2,(H,22,24)(H2,21,23,25). The van der Waals surface area contributed by atoms with E-state index in [1.54, 1.807) is 30.3 Å². The largest absolute Gasteiger partial charge is 0.492 e. The van der Waals surface area contributed by atoms with Crippen molar-refractivity contribution in [3.05, 3.63) is 66.7 Å². The van der Waals surface area contributed by atoms with Gasteiger partial charge in [0, 0.05) is 17.9 Å². The lowest BCUT2D eigenvalue weighted by Crippen LogP contribution is -2.32. The van der Waals surface area contributed by atoms with Crippen LogP contribution in [0.1, 0.15) is 5.56 Å². The first-order valence-corrected chi connectivity index (χ1v) is 8.43. The lowest BCUT2D eigenvalue weighted by atomic mass is 9.96. The van der Waals surface area contributed by atoms with Gasteiger partial charge in [0.1, 0.15) is 12.4 Å². The van der Waals surface area contributed by atoms with Gasteiger partial charge in [-0.3, -0.25) is 4.79 Å². The second-order valence-electron chi connectivity index (χ2n) is 6.01. The fourth-order valence-corrected chi connectivity index (χ4v) is 2.72. The van der Waals surface area contributed by atoms with Crippen molar-refractivity contribution in [2.24, 2.45) is 5.92 Å². The van der Waals surface area contributed by atoms with Crippen molar-refractivity contribution in [3.8, 4) is 5.75 Å². The number of nitrogens with one attached hydrogen (secondary N) is 3. The van der Waals surface area contributed by atoms with Crippen molar-refractivity contribution >= 4 is 23.3 Å². The fraction of sp³-hybridized carbons (Fsp3) is 0.200. The van der Waals surface area contributed by atoms with Crippen molar-refractivity contribution in [2.75, 3.05) is 23.8 Å². The maximum absolute atomic E-state index is 12.5. The van der Waals surface area contributed by atoms with Crippen molar-refractivity contribution in [3.63, 3.8) is 0 Å². The second kappa shape index (κ2) is 8.20. The number of urea groups is 1. The SMILES string of the molecule is C=CCNC(=O)Nc1ccc(NC(=O)C2COc3ccccc3C2)cc1. The van der Waals surface area contributed by atoms with Crippen molar-refractivity contribution < 1.29 is 14.3 Å². The van der Waals surface area contributed by atoms with Gasteiger partial charge in [-0.15, -0.1) is 6.58 Å². The summed E-state index contributed by atoms with van der Waals surface area (Å²) in [5.41, 5.74) is 2.36. The van der Waals surface area contributed by atoms with Gasteiger partial charge in [0.2, 0.25) is 5.91 Å². The zero-order chi connectivity index (χ0) is 18.4. The van der Waals surface area contributed by atoms with E-state index in [1.165, 1.54) is 0 Å². The summed E-state index contributed by atoms with van der Waals surface area (Å²) in [4.78, 5) is 24.1. The first-order chi connectivity index (χ1) is 12.7. The minimum atomic E-state index is -0.306. The van der Waals surface area contributed by atoms with Crippen molar-refractivity contribution in [2.45, 2.75) is 6.42 Å². The molecule has 1 aliphatic rings. The van der Waals surface area contributed by atoms with E-state index in [1.807, 2.05) is 24.3 Å². The van der Waals surface area contributed by atoms with E-state index in [-0.39, 0.29) is 17.9 Å². The van der Waals surface area contributed by atoms with Gasteiger partial charge in [-0.1, -0.05) is 24.3 Å². The normalized spacial score (nSPS) is 15.2. The predicted octanol–water partition coefficient (Wildman–Crippen LogP) is 3.18. The molecule has 0 saturated heterocycles. The monoisotopic (exact) mass is 351 g/mol. The Balaban J connectivity index is 1.55.